The summed E-state index contributed by atoms with van der Waals surface area (Å²) in [5, 5.41) is 4.08. The monoisotopic (exact) mass is 263 g/mol. The molecule has 0 radical (unpaired) electrons. The zero-order chi connectivity index (χ0) is 13.1. The van der Waals surface area contributed by atoms with Crippen LogP contribution in [-0.4, -0.2) is 36.4 Å². The SMILES string of the molecule is Cc1ccc2nc(NCCC(=O)N(C)C)sc2c1. The van der Waals surface area contributed by atoms with Crippen LogP contribution in [0.25, 0.3) is 10.2 Å². The average molecular weight is 263 g/mol. The first-order chi connectivity index (χ1) is 8.56. The number of carbonyl (C=O) groups is 1. The van der Waals surface area contributed by atoms with Crippen molar-refractivity contribution in [3.05, 3.63) is 23.8 Å². The molecule has 1 amide bonds. The van der Waals surface area contributed by atoms with E-state index in [4.69, 9.17) is 0 Å². The second kappa shape index (κ2) is 5.35. The molecule has 96 valence electrons. The molecule has 0 unspecified atom stereocenters. The van der Waals surface area contributed by atoms with Crippen LogP contribution in [0.2, 0.25) is 0 Å². The number of aryl methyl sites for hydroxylation is 1. The Kier molecular flexibility index (Phi) is 3.81. The van der Waals surface area contributed by atoms with Crippen molar-refractivity contribution in [3.63, 3.8) is 0 Å². The van der Waals surface area contributed by atoms with Crippen molar-refractivity contribution in [2.24, 2.45) is 0 Å². The average Bonchev–Trinajstić information content (AvgIpc) is 2.70. The second-order valence-corrected chi connectivity index (χ2v) is 5.49. The van der Waals surface area contributed by atoms with Gasteiger partial charge in [-0.1, -0.05) is 17.4 Å². The van der Waals surface area contributed by atoms with Crippen LogP contribution in [0.1, 0.15) is 12.0 Å². The van der Waals surface area contributed by atoms with E-state index in [2.05, 4.69) is 29.4 Å². The molecule has 0 aliphatic rings. The number of carbonyl (C=O) groups excluding carboxylic acids is 1. The van der Waals surface area contributed by atoms with Crippen molar-refractivity contribution in [2.45, 2.75) is 13.3 Å². The smallest absolute Gasteiger partial charge is 0.223 e. The van der Waals surface area contributed by atoms with E-state index in [0.29, 0.717) is 13.0 Å². The molecule has 0 saturated carbocycles. The van der Waals surface area contributed by atoms with E-state index in [1.807, 2.05) is 6.07 Å². The Morgan fingerprint density at radius 2 is 2.22 bits per heavy atom. The maximum Gasteiger partial charge on any atom is 0.223 e. The second-order valence-electron chi connectivity index (χ2n) is 4.46. The largest absolute Gasteiger partial charge is 0.361 e. The molecule has 0 spiro atoms. The molecule has 1 N–H and O–H groups in total. The van der Waals surface area contributed by atoms with Gasteiger partial charge >= 0.3 is 0 Å². The highest BCUT2D eigenvalue weighted by atomic mass is 32.1. The van der Waals surface area contributed by atoms with Gasteiger partial charge in [0, 0.05) is 27.1 Å². The van der Waals surface area contributed by atoms with Gasteiger partial charge in [0.15, 0.2) is 5.13 Å². The van der Waals surface area contributed by atoms with Crippen LogP contribution in [0.5, 0.6) is 0 Å². The number of nitrogens with zero attached hydrogens (tertiary/aromatic N) is 2. The summed E-state index contributed by atoms with van der Waals surface area (Å²) in [5.41, 5.74) is 2.24. The third-order valence-electron chi connectivity index (χ3n) is 2.66. The number of thiazole rings is 1. The Balaban J connectivity index is 1.98. The molecule has 0 saturated heterocycles. The van der Waals surface area contributed by atoms with Gasteiger partial charge in [-0.15, -0.1) is 0 Å². The van der Waals surface area contributed by atoms with E-state index < -0.39 is 0 Å². The van der Waals surface area contributed by atoms with Crippen LogP contribution >= 0.6 is 11.3 Å². The number of fused-ring (bicyclic) bond motifs is 1. The molecule has 0 bridgehead atoms. The highest BCUT2D eigenvalue weighted by Crippen LogP contribution is 2.26. The van der Waals surface area contributed by atoms with Crippen LogP contribution in [-0.2, 0) is 4.79 Å². The first-order valence-corrected chi connectivity index (χ1v) is 6.69. The molecular formula is C13H17N3OS. The number of amides is 1. The molecular weight excluding hydrogens is 246 g/mol. The standard InChI is InChI=1S/C13H17N3OS/c1-9-4-5-10-11(8-9)18-13(15-10)14-7-6-12(17)16(2)3/h4-5,8H,6-7H2,1-3H3,(H,14,15). The van der Waals surface area contributed by atoms with E-state index in [-0.39, 0.29) is 5.91 Å². The molecule has 2 rings (SSSR count). The van der Waals surface area contributed by atoms with E-state index in [1.165, 1.54) is 10.3 Å². The predicted molar refractivity (Wildman–Crippen MR) is 76.2 cm³/mol. The Morgan fingerprint density at radius 1 is 1.44 bits per heavy atom. The maximum atomic E-state index is 11.4. The van der Waals surface area contributed by atoms with Crippen molar-refractivity contribution in [3.8, 4) is 0 Å². The third kappa shape index (κ3) is 2.98. The number of hydrogen-bond donors (Lipinski definition) is 1. The molecule has 1 aromatic heterocycles. The highest BCUT2D eigenvalue weighted by molar-refractivity contribution is 7.22. The van der Waals surface area contributed by atoms with Gasteiger partial charge in [-0.3, -0.25) is 4.79 Å². The first kappa shape index (κ1) is 12.8. The van der Waals surface area contributed by atoms with Crippen molar-refractivity contribution < 1.29 is 4.79 Å². The molecule has 4 nitrogen and oxygen atoms in total. The topological polar surface area (TPSA) is 45.2 Å². The van der Waals surface area contributed by atoms with Gasteiger partial charge in [0.05, 0.1) is 10.2 Å². The number of aromatic nitrogens is 1. The summed E-state index contributed by atoms with van der Waals surface area (Å²) < 4.78 is 1.18. The summed E-state index contributed by atoms with van der Waals surface area (Å²) in [7, 11) is 3.53. The van der Waals surface area contributed by atoms with Crippen LogP contribution in [0, 0.1) is 6.92 Å². The van der Waals surface area contributed by atoms with E-state index in [1.54, 1.807) is 30.3 Å². The molecule has 18 heavy (non-hydrogen) atoms. The number of nitrogens with one attached hydrogen (secondary N) is 1. The lowest BCUT2D eigenvalue weighted by Crippen LogP contribution is -2.23. The Hall–Kier alpha value is -1.62. The molecule has 1 heterocycles. The minimum absolute atomic E-state index is 0.124. The van der Waals surface area contributed by atoms with E-state index >= 15 is 0 Å². The summed E-state index contributed by atoms with van der Waals surface area (Å²) in [5.74, 6) is 0.124. The fraction of sp³-hybridized carbons (Fsp3) is 0.385. The van der Waals surface area contributed by atoms with Crippen molar-refractivity contribution in [2.75, 3.05) is 26.0 Å². The predicted octanol–water partition coefficient (Wildman–Crippen LogP) is 2.49. The number of benzene rings is 1. The summed E-state index contributed by atoms with van der Waals surface area (Å²) in [4.78, 5) is 17.5. The van der Waals surface area contributed by atoms with Gasteiger partial charge in [-0.05, 0) is 24.6 Å². The summed E-state index contributed by atoms with van der Waals surface area (Å²) in [6.45, 7) is 2.69. The minimum atomic E-state index is 0.124. The van der Waals surface area contributed by atoms with Crippen LogP contribution in [0.3, 0.4) is 0 Å². The molecule has 0 aliphatic heterocycles. The zero-order valence-corrected chi connectivity index (χ0v) is 11.7. The summed E-state index contributed by atoms with van der Waals surface area (Å²) in [6.07, 6.45) is 0.488. The number of anilines is 1. The Labute approximate surface area is 111 Å². The highest BCUT2D eigenvalue weighted by Gasteiger charge is 2.06. The van der Waals surface area contributed by atoms with Gasteiger partial charge in [-0.25, -0.2) is 4.98 Å². The minimum Gasteiger partial charge on any atom is -0.361 e. The lowest BCUT2D eigenvalue weighted by molar-refractivity contribution is -0.128. The molecule has 2 aromatic rings. The van der Waals surface area contributed by atoms with Crippen LogP contribution in [0.15, 0.2) is 18.2 Å². The van der Waals surface area contributed by atoms with Gasteiger partial charge < -0.3 is 10.2 Å². The lowest BCUT2D eigenvalue weighted by Gasteiger charge is -2.09. The number of rotatable bonds is 4. The van der Waals surface area contributed by atoms with Gasteiger partial charge in [0.25, 0.3) is 0 Å². The van der Waals surface area contributed by atoms with Crippen molar-refractivity contribution >= 4 is 32.6 Å². The normalized spacial score (nSPS) is 10.6. The van der Waals surface area contributed by atoms with Gasteiger partial charge in [0.2, 0.25) is 5.91 Å². The Bertz CT molecular complexity index is 562. The molecule has 0 aliphatic carbocycles. The maximum absolute atomic E-state index is 11.4. The Morgan fingerprint density at radius 3 is 2.94 bits per heavy atom. The lowest BCUT2D eigenvalue weighted by atomic mass is 10.2. The third-order valence-corrected chi connectivity index (χ3v) is 3.63. The zero-order valence-electron chi connectivity index (χ0n) is 10.9. The summed E-state index contributed by atoms with van der Waals surface area (Å²) >= 11 is 1.62. The van der Waals surface area contributed by atoms with Gasteiger partial charge in [-0.2, -0.15) is 0 Å². The van der Waals surface area contributed by atoms with Crippen molar-refractivity contribution in [1.29, 1.82) is 0 Å². The quantitative estimate of drug-likeness (QED) is 0.921. The van der Waals surface area contributed by atoms with Crippen LogP contribution < -0.4 is 5.32 Å². The summed E-state index contributed by atoms with van der Waals surface area (Å²) in [6, 6.07) is 6.21. The van der Waals surface area contributed by atoms with Gasteiger partial charge in [0.1, 0.15) is 0 Å². The molecule has 0 fully saturated rings. The molecule has 0 atom stereocenters. The van der Waals surface area contributed by atoms with Crippen LogP contribution in [0.4, 0.5) is 5.13 Å². The first-order valence-electron chi connectivity index (χ1n) is 5.87. The van der Waals surface area contributed by atoms with E-state index in [9.17, 15) is 4.79 Å². The molecule has 1 aromatic carbocycles. The number of hydrogen-bond acceptors (Lipinski definition) is 4. The van der Waals surface area contributed by atoms with E-state index in [0.717, 1.165) is 10.6 Å². The fourth-order valence-corrected chi connectivity index (χ4v) is 2.60. The van der Waals surface area contributed by atoms with Crippen molar-refractivity contribution in [1.82, 2.24) is 9.88 Å². The fourth-order valence-electron chi connectivity index (χ4n) is 1.61. The molecule has 5 heteroatoms.